The number of aryl methyl sites for hydroxylation is 1. The Bertz CT molecular complexity index is 1190. The molecule has 4 rings (SSSR count). The molecule has 1 N–H and O–H groups in total. The van der Waals surface area contributed by atoms with Crippen LogP contribution in [0.2, 0.25) is 0 Å². The molecule has 2 aliphatic heterocycles. The lowest BCUT2D eigenvalue weighted by molar-refractivity contribution is -0.288. The van der Waals surface area contributed by atoms with Crippen LogP contribution in [0, 0.1) is 63.1 Å². The first kappa shape index (κ1) is 21.4. The van der Waals surface area contributed by atoms with Crippen LogP contribution in [0.25, 0.3) is 0 Å². The molecule has 4 unspecified atom stereocenters. The normalized spacial score (nSPS) is 29.8. The summed E-state index contributed by atoms with van der Waals surface area (Å²) in [5.74, 6) is -2.65. The molecule has 2 aromatic rings. The van der Waals surface area contributed by atoms with Gasteiger partial charge in [0.1, 0.15) is 6.10 Å². The SMILES string of the molecule is Cc1ccc(C23OC(=N)C(C#N)(C2C)C(C#N)(C#N)C(c2ccc(N(C)C)cc2)O3)cc1. The van der Waals surface area contributed by atoms with Crippen molar-refractivity contribution < 1.29 is 9.47 Å². The predicted octanol–water partition coefficient (Wildman–Crippen LogP) is 4.17. The summed E-state index contributed by atoms with van der Waals surface area (Å²) >= 11 is 0. The smallest absolute Gasteiger partial charge is 0.244 e. The molecule has 7 heteroatoms. The Morgan fingerprint density at radius 3 is 2.03 bits per heavy atom. The summed E-state index contributed by atoms with van der Waals surface area (Å²) in [5.41, 5.74) is -0.593. The standard InChI is InChI=1S/C25H23N5O2/c1-16-5-9-19(10-6-16)25-17(2)24(15-28,22(29)32-25)23(13-26,14-27)21(31-25)18-7-11-20(12-8-18)30(3)4/h5-12,17,21,29H,1-4H3. The molecule has 0 saturated carbocycles. The Morgan fingerprint density at radius 1 is 0.938 bits per heavy atom. The Balaban J connectivity index is 1.99. The second kappa shape index (κ2) is 7.09. The number of nitrogens with one attached hydrogen (secondary N) is 1. The van der Waals surface area contributed by atoms with Gasteiger partial charge in [-0.15, -0.1) is 0 Å². The summed E-state index contributed by atoms with van der Waals surface area (Å²) < 4.78 is 12.5. The fourth-order valence-corrected chi connectivity index (χ4v) is 4.90. The Morgan fingerprint density at radius 2 is 1.53 bits per heavy atom. The summed E-state index contributed by atoms with van der Waals surface area (Å²) in [7, 11) is 3.82. The zero-order chi connectivity index (χ0) is 23.3. The van der Waals surface area contributed by atoms with Crippen molar-refractivity contribution in [3.63, 3.8) is 0 Å². The monoisotopic (exact) mass is 425 g/mol. The third-order valence-electron chi connectivity index (χ3n) is 6.83. The minimum atomic E-state index is -1.97. The van der Waals surface area contributed by atoms with Crippen molar-refractivity contribution in [2.24, 2.45) is 16.7 Å². The molecule has 0 radical (unpaired) electrons. The largest absolute Gasteiger partial charge is 0.443 e. The first-order valence-corrected chi connectivity index (χ1v) is 10.3. The Kier molecular flexibility index (Phi) is 4.74. The van der Waals surface area contributed by atoms with Gasteiger partial charge in [0, 0.05) is 25.3 Å². The second-order valence-corrected chi connectivity index (χ2v) is 8.62. The van der Waals surface area contributed by atoms with Gasteiger partial charge in [0.2, 0.25) is 17.1 Å². The summed E-state index contributed by atoms with van der Waals surface area (Å²) in [6, 6.07) is 21.1. The lowest BCUT2D eigenvalue weighted by Crippen LogP contribution is -2.57. The molecule has 2 heterocycles. The van der Waals surface area contributed by atoms with Gasteiger partial charge in [-0.1, -0.05) is 48.9 Å². The van der Waals surface area contributed by atoms with Gasteiger partial charge in [0.05, 0.1) is 24.1 Å². The molecule has 0 aliphatic carbocycles. The van der Waals surface area contributed by atoms with Crippen LogP contribution in [0.5, 0.6) is 0 Å². The van der Waals surface area contributed by atoms with Gasteiger partial charge in [-0.05, 0) is 24.6 Å². The van der Waals surface area contributed by atoms with E-state index >= 15 is 0 Å². The molecule has 0 aromatic heterocycles. The van der Waals surface area contributed by atoms with E-state index in [1.165, 1.54) is 0 Å². The number of rotatable bonds is 3. The zero-order valence-corrected chi connectivity index (χ0v) is 18.4. The number of ether oxygens (including phenoxy) is 2. The predicted molar refractivity (Wildman–Crippen MR) is 117 cm³/mol. The van der Waals surface area contributed by atoms with E-state index in [2.05, 4.69) is 18.2 Å². The molecule has 32 heavy (non-hydrogen) atoms. The average Bonchev–Trinajstić information content (AvgIpc) is 2.96. The van der Waals surface area contributed by atoms with Crippen LogP contribution in [-0.4, -0.2) is 20.0 Å². The quantitative estimate of drug-likeness (QED) is 0.789. The third kappa shape index (κ3) is 2.45. The van der Waals surface area contributed by atoms with Gasteiger partial charge < -0.3 is 14.4 Å². The first-order chi connectivity index (χ1) is 15.2. The molecular formula is C25H23N5O2. The number of hydrogen-bond donors (Lipinski definition) is 1. The molecule has 2 saturated heterocycles. The fourth-order valence-electron chi connectivity index (χ4n) is 4.90. The molecule has 2 aromatic carbocycles. The van der Waals surface area contributed by atoms with Crippen LogP contribution in [0.15, 0.2) is 48.5 Å². The lowest BCUT2D eigenvalue weighted by Gasteiger charge is -2.48. The van der Waals surface area contributed by atoms with Crippen molar-refractivity contribution >= 4 is 11.6 Å². The number of nitriles is 3. The summed E-state index contributed by atoms with van der Waals surface area (Å²) in [4.78, 5) is 1.93. The minimum absolute atomic E-state index is 0.413. The first-order valence-electron chi connectivity index (χ1n) is 10.3. The van der Waals surface area contributed by atoms with E-state index in [0.717, 1.165) is 11.3 Å². The number of benzene rings is 2. The number of anilines is 1. The van der Waals surface area contributed by atoms with E-state index in [9.17, 15) is 15.8 Å². The maximum absolute atomic E-state index is 10.4. The van der Waals surface area contributed by atoms with Gasteiger partial charge in [-0.3, -0.25) is 5.41 Å². The minimum Gasteiger partial charge on any atom is -0.443 e. The van der Waals surface area contributed by atoms with Crippen molar-refractivity contribution in [3.05, 3.63) is 65.2 Å². The molecule has 4 atom stereocenters. The van der Waals surface area contributed by atoms with Gasteiger partial charge in [-0.2, -0.15) is 15.8 Å². The van der Waals surface area contributed by atoms with Crippen LogP contribution >= 0.6 is 0 Å². The van der Waals surface area contributed by atoms with Gasteiger partial charge in [0.15, 0.2) is 5.41 Å². The highest BCUT2D eigenvalue weighted by Crippen LogP contribution is 2.68. The average molecular weight is 425 g/mol. The summed E-state index contributed by atoms with van der Waals surface area (Å²) in [6.07, 6.45) is -1.10. The van der Waals surface area contributed by atoms with Crippen LogP contribution in [0.1, 0.15) is 29.7 Å². The molecule has 0 amide bonds. The van der Waals surface area contributed by atoms with E-state index in [4.69, 9.17) is 14.9 Å². The van der Waals surface area contributed by atoms with Crippen molar-refractivity contribution in [1.82, 2.24) is 0 Å². The van der Waals surface area contributed by atoms with Crippen LogP contribution in [0.4, 0.5) is 5.69 Å². The topological polar surface area (TPSA) is 117 Å². The zero-order valence-electron chi connectivity index (χ0n) is 18.4. The summed E-state index contributed by atoms with van der Waals surface area (Å²) in [5, 5.41) is 39.6. The van der Waals surface area contributed by atoms with Gasteiger partial charge >= 0.3 is 0 Å². The van der Waals surface area contributed by atoms with E-state index in [0.29, 0.717) is 11.1 Å². The Hall–Kier alpha value is -3.86. The maximum Gasteiger partial charge on any atom is 0.244 e. The van der Waals surface area contributed by atoms with E-state index in [-0.39, 0.29) is 0 Å². The fraction of sp³-hybridized carbons (Fsp3) is 0.360. The van der Waals surface area contributed by atoms with Gasteiger partial charge in [-0.25, -0.2) is 0 Å². The molecule has 2 bridgehead atoms. The number of hydrogen-bond acceptors (Lipinski definition) is 7. The molecule has 2 aliphatic rings. The highest BCUT2D eigenvalue weighted by atomic mass is 16.7. The van der Waals surface area contributed by atoms with Crippen molar-refractivity contribution in [2.75, 3.05) is 19.0 Å². The molecule has 0 spiro atoms. The van der Waals surface area contributed by atoms with Gasteiger partial charge in [0.25, 0.3) is 0 Å². The molecular weight excluding hydrogens is 402 g/mol. The van der Waals surface area contributed by atoms with E-state index in [1.807, 2.05) is 62.3 Å². The second-order valence-electron chi connectivity index (χ2n) is 8.62. The molecule has 160 valence electrons. The van der Waals surface area contributed by atoms with Crippen molar-refractivity contribution in [2.45, 2.75) is 25.7 Å². The Labute approximate surface area is 187 Å². The molecule has 2 fully saturated rings. The highest BCUT2D eigenvalue weighted by Gasteiger charge is 2.79. The van der Waals surface area contributed by atoms with Crippen molar-refractivity contribution in [1.29, 1.82) is 21.2 Å². The van der Waals surface area contributed by atoms with Crippen LogP contribution in [-0.2, 0) is 15.3 Å². The lowest BCUT2D eigenvalue weighted by atomic mass is 9.53. The van der Waals surface area contributed by atoms with Crippen LogP contribution < -0.4 is 4.90 Å². The van der Waals surface area contributed by atoms with E-state index in [1.54, 1.807) is 19.1 Å². The molecule has 7 nitrogen and oxygen atoms in total. The highest BCUT2D eigenvalue weighted by molar-refractivity contribution is 5.89. The van der Waals surface area contributed by atoms with E-state index < -0.39 is 34.5 Å². The number of fused-ring (bicyclic) bond motifs is 2. The third-order valence-corrected chi connectivity index (χ3v) is 6.83. The number of nitrogens with zero attached hydrogens (tertiary/aromatic N) is 4. The summed E-state index contributed by atoms with van der Waals surface area (Å²) in [6.45, 7) is 3.66. The van der Waals surface area contributed by atoms with Crippen LogP contribution in [0.3, 0.4) is 0 Å². The van der Waals surface area contributed by atoms with Crippen molar-refractivity contribution in [3.8, 4) is 18.2 Å². The maximum atomic E-state index is 10.4.